The molecule has 3 N–H and O–H groups in total. The van der Waals surface area contributed by atoms with Crippen molar-refractivity contribution >= 4 is 28.6 Å². The van der Waals surface area contributed by atoms with E-state index in [1.165, 1.54) is 5.56 Å². The van der Waals surface area contributed by atoms with Crippen LogP contribution in [-0.2, 0) is 11.2 Å². The predicted octanol–water partition coefficient (Wildman–Crippen LogP) is 1.78. The van der Waals surface area contributed by atoms with E-state index in [-0.39, 0.29) is 6.61 Å². The standard InChI is InChI=1S/C18H22N6O2/c1-12-3-2-4-13(11-12)19-18-22-15-16(23-18)20-14(5-8-25)21-17(15)24-6-9-26-10-7-24/h2-4,11,25H,5-10H2,1H3,(H2,19,20,21,22,23). The maximum Gasteiger partial charge on any atom is 0.207 e. The largest absolute Gasteiger partial charge is 0.396 e. The highest BCUT2D eigenvalue weighted by Gasteiger charge is 2.20. The highest BCUT2D eigenvalue weighted by molar-refractivity contribution is 5.86. The SMILES string of the molecule is Cc1cccc(Nc2nc3nc(CCO)nc(N4CCOCC4)c3[nH]2)c1. The molecule has 0 atom stereocenters. The number of aryl methyl sites for hydroxylation is 1. The molecule has 1 fully saturated rings. The normalized spacial score (nSPS) is 14.8. The summed E-state index contributed by atoms with van der Waals surface area (Å²) >= 11 is 0. The van der Waals surface area contributed by atoms with E-state index in [0.717, 1.165) is 30.1 Å². The minimum atomic E-state index is 0.00683. The lowest BCUT2D eigenvalue weighted by atomic mass is 10.2. The zero-order valence-corrected chi connectivity index (χ0v) is 14.7. The van der Waals surface area contributed by atoms with Gasteiger partial charge in [-0.15, -0.1) is 0 Å². The molecule has 2 aromatic heterocycles. The van der Waals surface area contributed by atoms with Crippen LogP contribution >= 0.6 is 0 Å². The molecule has 4 rings (SSSR count). The van der Waals surface area contributed by atoms with E-state index in [9.17, 15) is 5.11 Å². The fourth-order valence-electron chi connectivity index (χ4n) is 3.06. The zero-order chi connectivity index (χ0) is 17.9. The van der Waals surface area contributed by atoms with Gasteiger partial charge in [0.2, 0.25) is 5.95 Å². The molecule has 1 aromatic carbocycles. The number of ether oxygens (including phenoxy) is 1. The van der Waals surface area contributed by atoms with E-state index in [4.69, 9.17) is 4.74 Å². The summed E-state index contributed by atoms with van der Waals surface area (Å²) < 4.78 is 5.44. The molecule has 0 spiro atoms. The number of H-pyrrole nitrogens is 1. The second-order valence-corrected chi connectivity index (χ2v) is 6.31. The molecule has 1 aliphatic heterocycles. The number of nitrogens with zero attached hydrogens (tertiary/aromatic N) is 4. The molecule has 0 unspecified atom stereocenters. The summed E-state index contributed by atoms with van der Waals surface area (Å²) in [5.74, 6) is 2.03. The average molecular weight is 354 g/mol. The minimum Gasteiger partial charge on any atom is -0.396 e. The van der Waals surface area contributed by atoms with Crippen molar-refractivity contribution in [2.75, 3.05) is 43.1 Å². The van der Waals surface area contributed by atoms with Crippen LogP contribution in [0, 0.1) is 6.92 Å². The quantitative estimate of drug-likeness (QED) is 0.642. The topological polar surface area (TPSA) is 99.2 Å². The van der Waals surface area contributed by atoms with E-state index in [0.29, 0.717) is 37.1 Å². The average Bonchev–Trinajstić information content (AvgIpc) is 3.04. The van der Waals surface area contributed by atoms with Crippen LogP contribution in [0.2, 0.25) is 0 Å². The molecule has 8 nitrogen and oxygen atoms in total. The van der Waals surface area contributed by atoms with Crippen LogP contribution in [-0.4, -0.2) is 58.0 Å². The van der Waals surface area contributed by atoms with E-state index >= 15 is 0 Å². The molecule has 3 heterocycles. The molecule has 0 bridgehead atoms. The Morgan fingerprint density at radius 1 is 1.23 bits per heavy atom. The summed E-state index contributed by atoms with van der Waals surface area (Å²) in [6.45, 7) is 4.93. The summed E-state index contributed by atoms with van der Waals surface area (Å²) in [6, 6.07) is 8.09. The van der Waals surface area contributed by atoms with Crippen LogP contribution in [0.25, 0.3) is 11.2 Å². The molecule has 0 radical (unpaired) electrons. The summed E-state index contributed by atoms with van der Waals surface area (Å²) in [5, 5.41) is 12.6. The van der Waals surface area contributed by atoms with Gasteiger partial charge in [0.15, 0.2) is 11.5 Å². The van der Waals surface area contributed by atoms with Gasteiger partial charge in [0.05, 0.1) is 19.8 Å². The van der Waals surface area contributed by atoms with Crippen molar-refractivity contribution in [3.8, 4) is 0 Å². The van der Waals surface area contributed by atoms with Gasteiger partial charge in [-0.05, 0) is 24.6 Å². The lowest BCUT2D eigenvalue weighted by molar-refractivity contribution is 0.122. The van der Waals surface area contributed by atoms with Crippen molar-refractivity contribution in [1.29, 1.82) is 0 Å². The number of hydrogen-bond acceptors (Lipinski definition) is 7. The van der Waals surface area contributed by atoms with Crippen molar-refractivity contribution in [2.45, 2.75) is 13.3 Å². The Bertz CT molecular complexity index is 904. The lowest BCUT2D eigenvalue weighted by Crippen LogP contribution is -2.37. The summed E-state index contributed by atoms with van der Waals surface area (Å²) in [6.07, 6.45) is 0.404. The summed E-state index contributed by atoms with van der Waals surface area (Å²) in [5.41, 5.74) is 3.52. The minimum absolute atomic E-state index is 0.00683. The molecule has 136 valence electrons. The van der Waals surface area contributed by atoms with Gasteiger partial charge < -0.3 is 25.0 Å². The van der Waals surface area contributed by atoms with E-state index in [2.05, 4.69) is 36.2 Å². The predicted molar refractivity (Wildman–Crippen MR) is 100.0 cm³/mol. The molecule has 26 heavy (non-hydrogen) atoms. The number of benzene rings is 1. The van der Waals surface area contributed by atoms with Crippen LogP contribution in [0.3, 0.4) is 0 Å². The summed E-state index contributed by atoms with van der Waals surface area (Å²) in [4.78, 5) is 19.2. The van der Waals surface area contributed by atoms with E-state index < -0.39 is 0 Å². The third-order valence-corrected chi connectivity index (χ3v) is 4.31. The number of aliphatic hydroxyl groups is 1. The monoisotopic (exact) mass is 354 g/mol. The van der Waals surface area contributed by atoms with Crippen LogP contribution < -0.4 is 10.2 Å². The molecule has 8 heteroatoms. The number of aromatic amines is 1. The number of fused-ring (bicyclic) bond motifs is 1. The lowest BCUT2D eigenvalue weighted by Gasteiger charge is -2.28. The molecule has 0 saturated carbocycles. The fourth-order valence-corrected chi connectivity index (χ4v) is 3.06. The number of rotatable bonds is 5. The van der Waals surface area contributed by atoms with Gasteiger partial charge in [0.1, 0.15) is 11.3 Å². The molecule has 1 aliphatic rings. The number of anilines is 3. The number of aromatic nitrogens is 4. The summed E-state index contributed by atoms with van der Waals surface area (Å²) in [7, 11) is 0. The number of imidazole rings is 1. The van der Waals surface area contributed by atoms with Gasteiger partial charge in [-0.3, -0.25) is 0 Å². The fraction of sp³-hybridized carbons (Fsp3) is 0.389. The van der Waals surface area contributed by atoms with E-state index in [1.54, 1.807) is 0 Å². The Morgan fingerprint density at radius 3 is 2.85 bits per heavy atom. The van der Waals surface area contributed by atoms with Crippen molar-refractivity contribution in [1.82, 2.24) is 19.9 Å². The van der Waals surface area contributed by atoms with Gasteiger partial charge >= 0.3 is 0 Å². The number of morpholine rings is 1. The van der Waals surface area contributed by atoms with Crippen LogP contribution in [0.1, 0.15) is 11.4 Å². The van der Waals surface area contributed by atoms with Crippen molar-refractivity contribution in [2.24, 2.45) is 0 Å². The maximum absolute atomic E-state index is 9.26. The van der Waals surface area contributed by atoms with Crippen LogP contribution in [0.4, 0.5) is 17.5 Å². The third kappa shape index (κ3) is 3.47. The Labute approximate surface area is 151 Å². The first kappa shape index (κ1) is 16.7. The number of aliphatic hydroxyl groups excluding tert-OH is 1. The smallest absolute Gasteiger partial charge is 0.207 e. The van der Waals surface area contributed by atoms with Crippen molar-refractivity contribution < 1.29 is 9.84 Å². The van der Waals surface area contributed by atoms with Crippen molar-refractivity contribution in [3.05, 3.63) is 35.7 Å². The second-order valence-electron chi connectivity index (χ2n) is 6.31. The third-order valence-electron chi connectivity index (χ3n) is 4.31. The molecule has 1 saturated heterocycles. The van der Waals surface area contributed by atoms with Crippen LogP contribution in [0.5, 0.6) is 0 Å². The second kappa shape index (κ2) is 7.27. The van der Waals surface area contributed by atoms with Gasteiger partial charge in [-0.1, -0.05) is 12.1 Å². The van der Waals surface area contributed by atoms with E-state index in [1.807, 2.05) is 25.1 Å². The molecular weight excluding hydrogens is 332 g/mol. The molecular formula is C18H22N6O2. The maximum atomic E-state index is 9.26. The zero-order valence-electron chi connectivity index (χ0n) is 14.7. The Hall–Kier alpha value is -2.71. The first-order chi connectivity index (χ1) is 12.7. The number of nitrogens with one attached hydrogen (secondary N) is 2. The number of hydrogen-bond donors (Lipinski definition) is 3. The molecule has 0 amide bonds. The highest BCUT2D eigenvalue weighted by atomic mass is 16.5. The van der Waals surface area contributed by atoms with Gasteiger partial charge in [-0.25, -0.2) is 9.97 Å². The first-order valence-electron chi connectivity index (χ1n) is 8.77. The van der Waals surface area contributed by atoms with Crippen molar-refractivity contribution in [3.63, 3.8) is 0 Å². The van der Waals surface area contributed by atoms with Gasteiger partial charge in [0, 0.05) is 25.2 Å². The van der Waals surface area contributed by atoms with Gasteiger partial charge in [-0.2, -0.15) is 4.98 Å². The highest BCUT2D eigenvalue weighted by Crippen LogP contribution is 2.26. The van der Waals surface area contributed by atoms with Gasteiger partial charge in [0.25, 0.3) is 0 Å². The Balaban J connectivity index is 1.72. The molecule has 3 aromatic rings. The first-order valence-corrected chi connectivity index (χ1v) is 8.77. The molecule has 0 aliphatic carbocycles. The Kier molecular flexibility index (Phi) is 4.68. The Morgan fingerprint density at radius 2 is 2.08 bits per heavy atom. The van der Waals surface area contributed by atoms with Crippen LogP contribution in [0.15, 0.2) is 24.3 Å².